The fourth-order valence-corrected chi connectivity index (χ4v) is 2.56. The van der Waals surface area contributed by atoms with Crippen molar-refractivity contribution in [3.63, 3.8) is 0 Å². The fourth-order valence-electron chi connectivity index (χ4n) is 2.56. The maximum Gasteiger partial charge on any atom is 0.401 e. The van der Waals surface area contributed by atoms with Crippen LogP contribution in [-0.4, -0.2) is 36.8 Å². The van der Waals surface area contributed by atoms with Gasteiger partial charge in [-0.3, -0.25) is 4.90 Å². The Morgan fingerprint density at radius 2 is 1.75 bits per heavy atom. The van der Waals surface area contributed by atoms with Crippen molar-refractivity contribution < 1.29 is 13.2 Å². The van der Waals surface area contributed by atoms with Crippen LogP contribution in [0.1, 0.15) is 25.3 Å². The summed E-state index contributed by atoms with van der Waals surface area (Å²) in [5.74, 6) is 0. The van der Waals surface area contributed by atoms with Crippen LogP contribution < -0.4 is 5.32 Å². The second-order valence-corrected chi connectivity index (χ2v) is 5.36. The number of aryl methyl sites for hydroxylation is 1. The van der Waals surface area contributed by atoms with Crippen molar-refractivity contribution in [2.45, 2.75) is 38.4 Å². The molecule has 0 unspecified atom stereocenters. The molecule has 0 atom stereocenters. The lowest BCUT2D eigenvalue weighted by molar-refractivity contribution is -0.147. The highest BCUT2D eigenvalue weighted by Crippen LogP contribution is 2.21. The first kappa shape index (κ1) is 15.2. The number of nitrogens with zero attached hydrogens (tertiary/aromatic N) is 1. The van der Waals surface area contributed by atoms with Gasteiger partial charge in [-0.2, -0.15) is 13.2 Å². The van der Waals surface area contributed by atoms with Crippen LogP contribution >= 0.6 is 0 Å². The number of hydrogen-bond acceptors (Lipinski definition) is 2. The van der Waals surface area contributed by atoms with Gasteiger partial charge >= 0.3 is 6.18 Å². The third-order valence-electron chi connectivity index (χ3n) is 3.72. The molecule has 5 heteroatoms. The van der Waals surface area contributed by atoms with Gasteiger partial charge in [0, 0.05) is 24.8 Å². The molecule has 0 bridgehead atoms. The van der Waals surface area contributed by atoms with E-state index in [4.69, 9.17) is 0 Å². The van der Waals surface area contributed by atoms with Crippen LogP contribution in [0.4, 0.5) is 18.9 Å². The van der Waals surface area contributed by atoms with Gasteiger partial charge in [0.2, 0.25) is 0 Å². The van der Waals surface area contributed by atoms with Crippen LogP contribution in [0.25, 0.3) is 0 Å². The molecule has 1 aromatic rings. The zero-order valence-corrected chi connectivity index (χ0v) is 11.7. The van der Waals surface area contributed by atoms with Crippen molar-refractivity contribution in [3.8, 4) is 0 Å². The summed E-state index contributed by atoms with van der Waals surface area (Å²) in [4.78, 5) is 1.48. The summed E-state index contributed by atoms with van der Waals surface area (Å²) >= 11 is 0. The molecule has 0 amide bonds. The molecule has 1 aliphatic heterocycles. The van der Waals surface area contributed by atoms with E-state index >= 15 is 0 Å². The standard InChI is InChI=1S/C15H21F3N2/c1-2-12-3-5-13(6-4-12)19-14-7-9-20(10-8-14)11-15(16,17)18/h3-6,14,19H,2,7-11H2,1H3. The normalized spacial score (nSPS) is 18.2. The Labute approximate surface area is 118 Å². The van der Waals surface area contributed by atoms with E-state index in [1.807, 2.05) is 12.1 Å². The largest absolute Gasteiger partial charge is 0.401 e. The zero-order chi connectivity index (χ0) is 14.6. The first-order chi connectivity index (χ1) is 9.46. The first-order valence-electron chi connectivity index (χ1n) is 7.11. The van der Waals surface area contributed by atoms with Crippen LogP contribution in [0.5, 0.6) is 0 Å². The number of anilines is 1. The molecule has 0 aromatic heterocycles. The van der Waals surface area contributed by atoms with Gasteiger partial charge in [-0.25, -0.2) is 0 Å². The third kappa shape index (κ3) is 4.71. The Hall–Kier alpha value is -1.23. The lowest BCUT2D eigenvalue weighted by Gasteiger charge is -2.33. The minimum absolute atomic E-state index is 0.270. The number of alkyl halides is 3. The van der Waals surface area contributed by atoms with Crippen molar-refractivity contribution in [1.82, 2.24) is 4.90 Å². The Kier molecular flexibility index (Phi) is 4.91. The molecule has 2 rings (SSSR count). The first-order valence-corrected chi connectivity index (χ1v) is 7.11. The Morgan fingerprint density at radius 3 is 2.25 bits per heavy atom. The molecule has 1 fully saturated rings. The van der Waals surface area contributed by atoms with E-state index in [0.717, 1.165) is 24.9 Å². The van der Waals surface area contributed by atoms with Crippen molar-refractivity contribution in [1.29, 1.82) is 0 Å². The maximum absolute atomic E-state index is 12.3. The smallest absolute Gasteiger partial charge is 0.382 e. The van der Waals surface area contributed by atoms with Crippen LogP contribution in [0, 0.1) is 0 Å². The van der Waals surface area contributed by atoms with Crippen LogP contribution in [0.2, 0.25) is 0 Å². The van der Waals surface area contributed by atoms with Crippen molar-refractivity contribution in [2.75, 3.05) is 25.0 Å². The predicted molar refractivity (Wildman–Crippen MR) is 75.0 cm³/mol. The van der Waals surface area contributed by atoms with Gasteiger partial charge < -0.3 is 5.32 Å². The molecule has 0 radical (unpaired) electrons. The second-order valence-electron chi connectivity index (χ2n) is 5.36. The van der Waals surface area contributed by atoms with E-state index < -0.39 is 12.7 Å². The lowest BCUT2D eigenvalue weighted by atomic mass is 10.0. The van der Waals surface area contributed by atoms with E-state index in [9.17, 15) is 13.2 Å². The van der Waals surface area contributed by atoms with E-state index in [1.54, 1.807) is 0 Å². The van der Waals surface area contributed by atoms with E-state index in [1.165, 1.54) is 10.5 Å². The monoisotopic (exact) mass is 286 g/mol. The molecule has 1 aromatic carbocycles. The minimum Gasteiger partial charge on any atom is -0.382 e. The van der Waals surface area contributed by atoms with Gasteiger partial charge in [-0.1, -0.05) is 19.1 Å². The molecule has 112 valence electrons. The van der Waals surface area contributed by atoms with E-state index in [0.29, 0.717) is 13.1 Å². The number of piperidine rings is 1. The van der Waals surface area contributed by atoms with Gasteiger partial charge in [0.25, 0.3) is 0 Å². The number of benzene rings is 1. The molecule has 1 N–H and O–H groups in total. The molecule has 2 nitrogen and oxygen atoms in total. The van der Waals surface area contributed by atoms with Crippen molar-refractivity contribution >= 4 is 5.69 Å². The van der Waals surface area contributed by atoms with Crippen molar-refractivity contribution in [2.24, 2.45) is 0 Å². The molecule has 1 saturated heterocycles. The average Bonchev–Trinajstić information content (AvgIpc) is 2.40. The SMILES string of the molecule is CCc1ccc(NC2CCN(CC(F)(F)F)CC2)cc1. The number of nitrogens with one attached hydrogen (secondary N) is 1. The summed E-state index contributed by atoms with van der Waals surface area (Å²) in [5, 5.41) is 3.41. The molecule has 20 heavy (non-hydrogen) atoms. The number of likely N-dealkylation sites (tertiary alicyclic amines) is 1. The van der Waals surface area contributed by atoms with Gasteiger partial charge in [0.1, 0.15) is 0 Å². The van der Waals surface area contributed by atoms with Gasteiger partial charge in [0.15, 0.2) is 0 Å². The molecule has 0 spiro atoms. The molecular formula is C15H21F3N2. The molecule has 0 aliphatic carbocycles. The van der Waals surface area contributed by atoms with Gasteiger partial charge in [-0.15, -0.1) is 0 Å². The number of halogens is 3. The van der Waals surface area contributed by atoms with E-state index in [2.05, 4.69) is 24.4 Å². The summed E-state index contributed by atoms with van der Waals surface area (Å²) in [7, 11) is 0. The summed E-state index contributed by atoms with van der Waals surface area (Å²) in [6.45, 7) is 2.33. The molecule has 1 heterocycles. The average molecular weight is 286 g/mol. The number of hydrogen-bond donors (Lipinski definition) is 1. The van der Waals surface area contributed by atoms with Crippen molar-refractivity contribution in [3.05, 3.63) is 29.8 Å². The minimum atomic E-state index is -4.09. The molecule has 1 aliphatic rings. The lowest BCUT2D eigenvalue weighted by Crippen LogP contribution is -2.43. The quantitative estimate of drug-likeness (QED) is 0.908. The Bertz CT molecular complexity index is 406. The fraction of sp³-hybridized carbons (Fsp3) is 0.600. The maximum atomic E-state index is 12.3. The highest BCUT2D eigenvalue weighted by molar-refractivity contribution is 5.45. The highest BCUT2D eigenvalue weighted by atomic mass is 19.4. The highest BCUT2D eigenvalue weighted by Gasteiger charge is 2.32. The third-order valence-corrected chi connectivity index (χ3v) is 3.72. The molecular weight excluding hydrogens is 265 g/mol. The molecule has 0 saturated carbocycles. The Balaban J connectivity index is 1.79. The summed E-state index contributed by atoms with van der Waals surface area (Å²) < 4.78 is 36.9. The number of rotatable bonds is 4. The summed E-state index contributed by atoms with van der Waals surface area (Å²) in [6, 6.07) is 8.52. The Morgan fingerprint density at radius 1 is 1.15 bits per heavy atom. The zero-order valence-electron chi connectivity index (χ0n) is 11.7. The summed E-state index contributed by atoms with van der Waals surface area (Å²) in [6.07, 6.45) is -1.57. The second kappa shape index (κ2) is 6.48. The van der Waals surface area contributed by atoms with Gasteiger partial charge in [0.05, 0.1) is 6.54 Å². The van der Waals surface area contributed by atoms with Crippen LogP contribution in [0.3, 0.4) is 0 Å². The van der Waals surface area contributed by atoms with E-state index in [-0.39, 0.29) is 6.04 Å². The van der Waals surface area contributed by atoms with Crippen LogP contribution in [0.15, 0.2) is 24.3 Å². The summed E-state index contributed by atoms with van der Waals surface area (Å²) in [5.41, 5.74) is 2.34. The van der Waals surface area contributed by atoms with Gasteiger partial charge in [-0.05, 0) is 37.0 Å². The topological polar surface area (TPSA) is 15.3 Å². The predicted octanol–water partition coefficient (Wildman–Crippen LogP) is 3.69. The van der Waals surface area contributed by atoms with Crippen LogP contribution in [-0.2, 0) is 6.42 Å².